The van der Waals surface area contributed by atoms with Crippen molar-refractivity contribution in [3.8, 4) is 0 Å². The lowest BCUT2D eigenvalue weighted by atomic mass is 10.3. The monoisotopic (exact) mass is 281 g/mol. The molecule has 0 amide bonds. The molecular weight excluding hydrogens is 266 g/mol. The van der Waals surface area contributed by atoms with E-state index in [0.29, 0.717) is 5.15 Å². The van der Waals surface area contributed by atoms with Crippen LogP contribution in [0.15, 0.2) is 12.1 Å². The van der Waals surface area contributed by atoms with E-state index in [-0.39, 0.29) is 0 Å². The number of rotatable bonds is 4. The maximum Gasteiger partial charge on any atom is 0.137 e. The molecule has 2 rings (SSSR count). The Morgan fingerprint density at radius 1 is 1.28 bits per heavy atom. The second-order valence-corrected chi connectivity index (χ2v) is 5.85. The van der Waals surface area contributed by atoms with Gasteiger partial charge in [0, 0.05) is 21.7 Å². The van der Waals surface area contributed by atoms with Gasteiger partial charge in [0.05, 0.1) is 6.54 Å². The van der Waals surface area contributed by atoms with E-state index in [2.05, 4.69) is 34.3 Å². The number of hydrogen-bond acceptors (Lipinski definition) is 4. The van der Waals surface area contributed by atoms with E-state index in [1.807, 2.05) is 13.8 Å². The van der Waals surface area contributed by atoms with Crippen molar-refractivity contribution in [2.24, 2.45) is 0 Å². The van der Waals surface area contributed by atoms with Crippen LogP contribution >= 0.6 is 22.9 Å². The number of hydrogen-bond donors (Lipinski definition) is 1. The lowest BCUT2D eigenvalue weighted by Gasteiger charge is -2.10. The van der Waals surface area contributed by atoms with Crippen molar-refractivity contribution in [1.29, 1.82) is 0 Å². The van der Waals surface area contributed by atoms with Crippen LogP contribution in [0.3, 0.4) is 0 Å². The Labute approximate surface area is 116 Å². The molecule has 0 aromatic carbocycles. The van der Waals surface area contributed by atoms with Crippen LogP contribution in [0.25, 0.3) is 0 Å². The molecule has 0 bridgehead atoms. The SMILES string of the molecule is CCc1nc(Cl)c(C)c(NCc2ccc(C)s2)n1. The second-order valence-electron chi connectivity index (χ2n) is 4.12. The fourth-order valence-corrected chi connectivity index (χ4v) is 2.63. The topological polar surface area (TPSA) is 37.8 Å². The van der Waals surface area contributed by atoms with Crippen LogP contribution in [0, 0.1) is 13.8 Å². The van der Waals surface area contributed by atoms with E-state index in [4.69, 9.17) is 11.6 Å². The maximum absolute atomic E-state index is 6.10. The number of aromatic nitrogens is 2. The second kappa shape index (κ2) is 5.67. The van der Waals surface area contributed by atoms with Gasteiger partial charge in [0.1, 0.15) is 16.8 Å². The van der Waals surface area contributed by atoms with Gasteiger partial charge < -0.3 is 5.32 Å². The van der Waals surface area contributed by atoms with Crippen LogP contribution in [-0.2, 0) is 13.0 Å². The lowest BCUT2D eigenvalue weighted by molar-refractivity contribution is 0.924. The van der Waals surface area contributed by atoms with Crippen LogP contribution < -0.4 is 5.32 Å². The van der Waals surface area contributed by atoms with Crippen molar-refractivity contribution in [1.82, 2.24) is 9.97 Å². The number of aryl methyl sites for hydroxylation is 2. The van der Waals surface area contributed by atoms with E-state index in [0.717, 1.165) is 30.2 Å². The zero-order valence-corrected chi connectivity index (χ0v) is 12.3. The minimum absolute atomic E-state index is 0.534. The first-order valence-electron chi connectivity index (χ1n) is 5.92. The lowest BCUT2D eigenvalue weighted by Crippen LogP contribution is -2.06. The summed E-state index contributed by atoms with van der Waals surface area (Å²) in [4.78, 5) is 11.3. The Morgan fingerprint density at radius 3 is 2.67 bits per heavy atom. The summed E-state index contributed by atoms with van der Waals surface area (Å²) in [6, 6.07) is 4.25. The average Bonchev–Trinajstić information content (AvgIpc) is 2.77. The molecule has 0 fully saturated rings. The number of anilines is 1. The Balaban J connectivity index is 2.15. The first kappa shape index (κ1) is 13.3. The molecule has 2 heterocycles. The Morgan fingerprint density at radius 2 is 2.06 bits per heavy atom. The fourth-order valence-electron chi connectivity index (χ4n) is 1.61. The van der Waals surface area contributed by atoms with Gasteiger partial charge in [-0.05, 0) is 26.0 Å². The largest absolute Gasteiger partial charge is 0.365 e. The van der Waals surface area contributed by atoms with Crippen LogP contribution in [0.1, 0.15) is 28.1 Å². The summed E-state index contributed by atoms with van der Waals surface area (Å²) in [6.07, 6.45) is 0.785. The standard InChI is InChI=1S/C13H16ClN3S/c1-4-11-16-12(14)9(3)13(17-11)15-7-10-6-5-8(2)18-10/h5-6H,4,7H2,1-3H3,(H,15,16,17). The molecule has 1 N–H and O–H groups in total. The van der Waals surface area contributed by atoms with Crippen LogP contribution in [0.4, 0.5) is 5.82 Å². The highest BCUT2D eigenvalue weighted by Gasteiger charge is 2.08. The Kier molecular flexibility index (Phi) is 4.19. The molecule has 0 spiro atoms. The highest BCUT2D eigenvalue weighted by molar-refractivity contribution is 7.11. The van der Waals surface area contributed by atoms with Gasteiger partial charge in [-0.3, -0.25) is 0 Å². The van der Waals surface area contributed by atoms with Gasteiger partial charge in [0.2, 0.25) is 0 Å². The zero-order chi connectivity index (χ0) is 13.1. The zero-order valence-electron chi connectivity index (χ0n) is 10.7. The van der Waals surface area contributed by atoms with Gasteiger partial charge in [-0.2, -0.15) is 0 Å². The summed E-state index contributed by atoms with van der Waals surface area (Å²) in [5, 5.41) is 3.87. The first-order chi connectivity index (χ1) is 8.60. The molecular formula is C13H16ClN3S. The van der Waals surface area contributed by atoms with Gasteiger partial charge in [-0.25, -0.2) is 9.97 Å². The molecule has 18 heavy (non-hydrogen) atoms. The van der Waals surface area contributed by atoms with Crippen LogP contribution in [0.2, 0.25) is 5.15 Å². The molecule has 0 aliphatic rings. The summed E-state index contributed by atoms with van der Waals surface area (Å²) in [5.41, 5.74) is 0.905. The van der Waals surface area contributed by atoms with Gasteiger partial charge >= 0.3 is 0 Å². The van der Waals surface area contributed by atoms with Gasteiger partial charge in [-0.15, -0.1) is 11.3 Å². The molecule has 2 aromatic heterocycles. The summed E-state index contributed by atoms with van der Waals surface area (Å²) in [6.45, 7) is 6.84. The minimum atomic E-state index is 0.534. The molecule has 0 saturated carbocycles. The quantitative estimate of drug-likeness (QED) is 0.862. The van der Waals surface area contributed by atoms with Crippen molar-refractivity contribution in [3.05, 3.63) is 38.4 Å². The highest BCUT2D eigenvalue weighted by atomic mass is 35.5. The maximum atomic E-state index is 6.10. The van der Waals surface area contributed by atoms with Crippen molar-refractivity contribution >= 4 is 28.8 Å². The number of nitrogens with one attached hydrogen (secondary N) is 1. The highest BCUT2D eigenvalue weighted by Crippen LogP contribution is 2.22. The molecule has 0 unspecified atom stereocenters. The molecule has 5 heteroatoms. The first-order valence-corrected chi connectivity index (χ1v) is 7.11. The van der Waals surface area contributed by atoms with Crippen molar-refractivity contribution in [2.45, 2.75) is 33.7 Å². The Bertz CT molecular complexity index is 551. The number of halogens is 1. The van der Waals surface area contributed by atoms with Crippen LogP contribution in [-0.4, -0.2) is 9.97 Å². The minimum Gasteiger partial charge on any atom is -0.365 e. The van der Waals surface area contributed by atoms with Gasteiger partial charge in [0.25, 0.3) is 0 Å². The molecule has 3 nitrogen and oxygen atoms in total. The van der Waals surface area contributed by atoms with E-state index in [9.17, 15) is 0 Å². The number of thiophene rings is 1. The van der Waals surface area contributed by atoms with Crippen LogP contribution in [0.5, 0.6) is 0 Å². The molecule has 2 aromatic rings. The molecule has 96 valence electrons. The van der Waals surface area contributed by atoms with Crippen molar-refractivity contribution < 1.29 is 0 Å². The average molecular weight is 282 g/mol. The van der Waals surface area contributed by atoms with E-state index in [1.165, 1.54) is 9.75 Å². The van der Waals surface area contributed by atoms with Crippen molar-refractivity contribution in [2.75, 3.05) is 5.32 Å². The molecule has 0 aliphatic heterocycles. The summed E-state index contributed by atoms with van der Waals surface area (Å²) in [5.74, 6) is 1.60. The van der Waals surface area contributed by atoms with E-state index < -0.39 is 0 Å². The number of nitrogens with zero attached hydrogens (tertiary/aromatic N) is 2. The third kappa shape index (κ3) is 3.00. The molecule has 0 aliphatic carbocycles. The van der Waals surface area contributed by atoms with Gasteiger partial charge in [0.15, 0.2) is 0 Å². The Hall–Kier alpha value is -1.13. The third-order valence-electron chi connectivity index (χ3n) is 2.68. The normalized spacial score (nSPS) is 10.7. The summed E-state index contributed by atoms with van der Waals surface area (Å²) in [7, 11) is 0. The molecule has 0 atom stereocenters. The predicted octanol–water partition coefficient (Wildman–Crippen LogP) is 3.98. The van der Waals surface area contributed by atoms with Gasteiger partial charge in [-0.1, -0.05) is 18.5 Å². The fraction of sp³-hybridized carbons (Fsp3) is 0.385. The third-order valence-corrected chi connectivity index (χ3v) is 4.04. The summed E-state index contributed by atoms with van der Waals surface area (Å²) < 4.78 is 0. The summed E-state index contributed by atoms with van der Waals surface area (Å²) >= 11 is 7.88. The molecule has 0 radical (unpaired) electrons. The molecule has 0 saturated heterocycles. The smallest absolute Gasteiger partial charge is 0.137 e. The van der Waals surface area contributed by atoms with Crippen molar-refractivity contribution in [3.63, 3.8) is 0 Å². The van der Waals surface area contributed by atoms with E-state index in [1.54, 1.807) is 11.3 Å². The van der Waals surface area contributed by atoms with E-state index >= 15 is 0 Å². The predicted molar refractivity (Wildman–Crippen MR) is 77.5 cm³/mol.